The molecule has 0 nitrogen and oxygen atoms in total. The molecule has 0 bridgehead atoms. The SMILES string of the molecule is CC=C(C)CCCC(C)C(C)CCCCCCCCC. The first-order chi connectivity index (χ1) is 9.61. The van der Waals surface area contributed by atoms with Crippen LogP contribution in [0.25, 0.3) is 0 Å². The molecule has 0 N–H and O–H groups in total. The molecule has 0 spiro atoms. The Morgan fingerprint density at radius 1 is 0.800 bits per heavy atom. The molecule has 0 amide bonds. The van der Waals surface area contributed by atoms with Gasteiger partial charge in [0.1, 0.15) is 0 Å². The van der Waals surface area contributed by atoms with Gasteiger partial charge in [0.05, 0.1) is 0 Å². The predicted molar refractivity (Wildman–Crippen MR) is 94.2 cm³/mol. The molecule has 2 unspecified atom stereocenters. The van der Waals surface area contributed by atoms with Gasteiger partial charge in [0.15, 0.2) is 0 Å². The monoisotopic (exact) mass is 280 g/mol. The Morgan fingerprint density at radius 2 is 1.30 bits per heavy atom. The van der Waals surface area contributed by atoms with Crippen molar-refractivity contribution < 1.29 is 0 Å². The lowest BCUT2D eigenvalue weighted by Crippen LogP contribution is -2.08. The predicted octanol–water partition coefficient (Wildman–Crippen LogP) is 7.54. The summed E-state index contributed by atoms with van der Waals surface area (Å²) < 4.78 is 0. The second-order valence-electron chi connectivity index (χ2n) is 6.89. The fourth-order valence-electron chi connectivity index (χ4n) is 2.84. The van der Waals surface area contributed by atoms with Gasteiger partial charge in [-0.05, 0) is 38.5 Å². The Morgan fingerprint density at radius 3 is 1.85 bits per heavy atom. The Bertz CT molecular complexity index is 226. The highest BCUT2D eigenvalue weighted by Gasteiger charge is 2.11. The molecule has 120 valence electrons. The standard InChI is InChI=1S/C20H40/c1-6-8-9-10-11-12-13-16-19(4)20(5)17-14-15-18(3)7-2/h7,19-20H,6,8-17H2,1-5H3. The van der Waals surface area contributed by atoms with Crippen LogP contribution in [0.1, 0.15) is 105 Å². The Balaban J connectivity index is 3.47. The van der Waals surface area contributed by atoms with Crippen LogP contribution in [0.4, 0.5) is 0 Å². The van der Waals surface area contributed by atoms with Crippen molar-refractivity contribution in [2.24, 2.45) is 11.8 Å². The van der Waals surface area contributed by atoms with E-state index in [1.807, 2.05) is 0 Å². The van der Waals surface area contributed by atoms with Crippen LogP contribution in [0.15, 0.2) is 11.6 Å². The van der Waals surface area contributed by atoms with Crippen molar-refractivity contribution in [3.05, 3.63) is 11.6 Å². The lowest BCUT2D eigenvalue weighted by atomic mass is 9.86. The van der Waals surface area contributed by atoms with Crippen LogP contribution in [0.5, 0.6) is 0 Å². The molecule has 20 heavy (non-hydrogen) atoms. The van der Waals surface area contributed by atoms with E-state index in [4.69, 9.17) is 0 Å². The normalized spacial score (nSPS) is 15.3. The third-order valence-electron chi connectivity index (χ3n) is 4.96. The van der Waals surface area contributed by atoms with E-state index < -0.39 is 0 Å². The highest BCUT2D eigenvalue weighted by Crippen LogP contribution is 2.24. The molecule has 0 heterocycles. The van der Waals surface area contributed by atoms with E-state index >= 15 is 0 Å². The van der Waals surface area contributed by atoms with E-state index in [9.17, 15) is 0 Å². The average molecular weight is 281 g/mol. The maximum Gasteiger partial charge on any atom is -0.0323 e. The number of unbranched alkanes of at least 4 members (excludes halogenated alkanes) is 6. The number of hydrogen-bond acceptors (Lipinski definition) is 0. The Labute approximate surface area is 129 Å². The lowest BCUT2D eigenvalue weighted by molar-refractivity contribution is 0.326. The van der Waals surface area contributed by atoms with Gasteiger partial charge in [-0.3, -0.25) is 0 Å². The first-order valence-electron chi connectivity index (χ1n) is 9.23. The van der Waals surface area contributed by atoms with Gasteiger partial charge in [-0.15, -0.1) is 0 Å². The summed E-state index contributed by atoms with van der Waals surface area (Å²) in [5.41, 5.74) is 1.55. The van der Waals surface area contributed by atoms with Gasteiger partial charge < -0.3 is 0 Å². The fraction of sp³-hybridized carbons (Fsp3) is 0.900. The van der Waals surface area contributed by atoms with Gasteiger partial charge in [0, 0.05) is 0 Å². The zero-order valence-electron chi connectivity index (χ0n) is 15.0. The zero-order valence-corrected chi connectivity index (χ0v) is 15.0. The Kier molecular flexibility index (Phi) is 13.5. The van der Waals surface area contributed by atoms with E-state index in [0.29, 0.717) is 0 Å². The number of allylic oxidation sites excluding steroid dienone is 2. The molecule has 0 heteroatoms. The summed E-state index contributed by atoms with van der Waals surface area (Å²) in [7, 11) is 0. The van der Waals surface area contributed by atoms with E-state index in [-0.39, 0.29) is 0 Å². The van der Waals surface area contributed by atoms with Crippen molar-refractivity contribution in [3.8, 4) is 0 Å². The third kappa shape index (κ3) is 11.6. The first-order valence-corrected chi connectivity index (χ1v) is 9.23. The summed E-state index contributed by atoms with van der Waals surface area (Å²) >= 11 is 0. The minimum absolute atomic E-state index is 0.903. The molecule has 0 aromatic rings. The molecule has 0 aromatic carbocycles. The number of hydrogen-bond donors (Lipinski definition) is 0. The average Bonchev–Trinajstić information content (AvgIpc) is 2.45. The molecule has 0 rings (SSSR count). The van der Waals surface area contributed by atoms with Crippen molar-refractivity contribution in [2.45, 2.75) is 105 Å². The molecule has 0 fully saturated rings. The topological polar surface area (TPSA) is 0 Å². The zero-order chi connectivity index (χ0) is 15.2. The van der Waals surface area contributed by atoms with Crippen molar-refractivity contribution in [2.75, 3.05) is 0 Å². The second-order valence-corrected chi connectivity index (χ2v) is 6.89. The van der Waals surface area contributed by atoms with Crippen molar-refractivity contribution in [1.82, 2.24) is 0 Å². The molecule has 0 aliphatic heterocycles. The van der Waals surface area contributed by atoms with Crippen molar-refractivity contribution in [3.63, 3.8) is 0 Å². The van der Waals surface area contributed by atoms with E-state index in [2.05, 4.69) is 40.7 Å². The first kappa shape index (κ1) is 19.7. The Hall–Kier alpha value is -0.260. The maximum atomic E-state index is 2.46. The molecule has 0 aliphatic carbocycles. The molecule has 0 aliphatic rings. The van der Waals surface area contributed by atoms with Crippen LogP contribution < -0.4 is 0 Å². The summed E-state index contributed by atoms with van der Waals surface area (Å²) in [4.78, 5) is 0. The molecular weight excluding hydrogens is 240 g/mol. The smallest absolute Gasteiger partial charge is 0.0323 e. The molecule has 0 saturated carbocycles. The van der Waals surface area contributed by atoms with Gasteiger partial charge in [-0.2, -0.15) is 0 Å². The van der Waals surface area contributed by atoms with Crippen LogP contribution in [-0.2, 0) is 0 Å². The molecule has 0 aromatic heterocycles. The summed E-state index contributed by atoms with van der Waals surface area (Å²) in [6.45, 7) is 11.6. The largest absolute Gasteiger partial charge is 0.0887 e. The van der Waals surface area contributed by atoms with E-state index in [0.717, 1.165) is 11.8 Å². The lowest BCUT2D eigenvalue weighted by Gasteiger charge is -2.20. The van der Waals surface area contributed by atoms with Crippen LogP contribution in [0.2, 0.25) is 0 Å². The third-order valence-corrected chi connectivity index (χ3v) is 4.96. The summed E-state index contributed by atoms with van der Waals surface area (Å²) in [6.07, 6.45) is 17.8. The van der Waals surface area contributed by atoms with Crippen LogP contribution in [0, 0.1) is 11.8 Å². The number of rotatable bonds is 13. The van der Waals surface area contributed by atoms with Gasteiger partial charge >= 0.3 is 0 Å². The highest BCUT2D eigenvalue weighted by molar-refractivity contribution is 4.94. The molecular formula is C20H40. The minimum Gasteiger partial charge on any atom is -0.0887 e. The summed E-state index contributed by atoms with van der Waals surface area (Å²) in [6, 6.07) is 0. The van der Waals surface area contributed by atoms with Crippen molar-refractivity contribution in [1.29, 1.82) is 0 Å². The maximum absolute atomic E-state index is 2.46. The van der Waals surface area contributed by atoms with Crippen LogP contribution in [-0.4, -0.2) is 0 Å². The minimum atomic E-state index is 0.903. The molecule has 0 radical (unpaired) electrons. The second kappa shape index (κ2) is 13.7. The van der Waals surface area contributed by atoms with Crippen molar-refractivity contribution >= 4 is 0 Å². The fourth-order valence-corrected chi connectivity index (χ4v) is 2.84. The van der Waals surface area contributed by atoms with Gasteiger partial charge in [-0.1, -0.05) is 90.2 Å². The quantitative estimate of drug-likeness (QED) is 0.241. The summed E-state index contributed by atoms with van der Waals surface area (Å²) in [5.74, 6) is 1.82. The van der Waals surface area contributed by atoms with Crippen LogP contribution >= 0.6 is 0 Å². The van der Waals surface area contributed by atoms with E-state index in [1.54, 1.807) is 5.57 Å². The van der Waals surface area contributed by atoms with E-state index in [1.165, 1.54) is 70.6 Å². The van der Waals surface area contributed by atoms with Gasteiger partial charge in [-0.25, -0.2) is 0 Å². The van der Waals surface area contributed by atoms with Crippen LogP contribution in [0.3, 0.4) is 0 Å². The molecule has 2 atom stereocenters. The summed E-state index contributed by atoms with van der Waals surface area (Å²) in [5, 5.41) is 0. The van der Waals surface area contributed by atoms with Gasteiger partial charge in [0.2, 0.25) is 0 Å². The van der Waals surface area contributed by atoms with Gasteiger partial charge in [0.25, 0.3) is 0 Å². The highest BCUT2D eigenvalue weighted by atomic mass is 14.2. The molecule has 0 saturated heterocycles.